The Morgan fingerprint density at radius 1 is 1.05 bits per heavy atom. The second-order valence-corrected chi connectivity index (χ2v) is 8.81. The van der Waals surface area contributed by atoms with Crippen LogP contribution >= 0.6 is 31.9 Å². The predicted octanol–water partition coefficient (Wildman–Crippen LogP) is 5.20. The first-order valence-corrected chi connectivity index (χ1v) is 10.5. The van der Waals surface area contributed by atoms with Gasteiger partial charge < -0.3 is 0 Å². The van der Waals surface area contributed by atoms with Crippen LogP contribution in [0.5, 0.6) is 0 Å². The Hall–Kier alpha value is 0.130. The van der Waals surface area contributed by atoms with Crippen molar-refractivity contribution < 1.29 is 8.42 Å². The van der Waals surface area contributed by atoms with Crippen LogP contribution in [0.3, 0.4) is 0 Å². The van der Waals surface area contributed by atoms with Crippen LogP contribution in [0, 0.1) is 5.41 Å². The van der Waals surface area contributed by atoms with Gasteiger partial charge in [0.1, 0.15) is 0 Å². The standard InChI is InChI=1S/C15H22Br2O2S/c1-3-9-15(11-16,10-4-2)12-20(18,19)14-7-5-13(17)6-8-14/h5-8H,3-4,9-12H2,1-2H3. The number of sulfone groups is 1. The molecule has 0 aromatic heterocycles. The van der Waals surface area contributed by atoms with Crippen molar-refractivity contribution in [3.8, 4) is 0 Å². The van der Waals surface area contributed by atoms with E-state index in [0.717, 1.165) is 35.5 Å². The Labute approximate surface area is 139 Å². The van der Waals surface area contributed by atoms with Gasteiger partial charge in [-0.25, -0.2) is 8.42 Å². The predicted molar refractivity (Wildman–Crippen MR) is 92.2 cm³/mol. The highest BCUT2D eigenvalue weighted by Gasteiger charge is 2.33. The molecule has 0 N–H and O–H groups in total. The maximum absolute atomic E-state index is 12.6. The Morgan fingerprint density at radius 3 is 1.95 bits per heavy atom. The van der Waals surface area contributed by atoms with Crippen LogP contribution in [0.1, 0.15) is 39.5 Å². The van der Waals surface area contributed by atoms with E-state index in [4.69, 9.17) is 0 Å². The van der Waals surface area contributed by atoms with Crippen LogP contribution in [-0.4, -0.2) is 19.5 Å². The molecule has 0 saturated carbocycles. The average Bonchev–Trinajstić information content (AvgIpc) is 2.39. The molecular formula is C15H22Br2O2S. The zero-order valence-corrected chi connectivity index (χ0v) is 16.0. The van der Waals surface area contributed by atoms with Crippen LogP contribution in [0.2, 0.25) is 0 Å². The minimum absolute atomic E-state index is 0.157. The lowest BCUT2D eigenvalue weighted by molar-refractivity contribution is 0.314. The molecule has 0 unspecified atom stereocenters. The van der Waals surface area contributed by atoms with E-state index in [-0.39, 0.29) is 11.2 Å². The molecule has 0 heterocycles. The second kappa shape index (κ2) is 7.95. The summed E-state index contributed by atoms with van der Waals surface area (Å²) in [5.74, 6) is 0.217. The molecule has 0 amide bonds. The van der Waals surface area contributed by atoms with Gasteiger partial charge in [0.05, 0.1) is 10.6 Å². The van der Waals surface area contributed by atoms with Gasteiger partial charge in [-0.2, -0.15) is 0 Å². The maximum Gasteiger partial charge on any atom is 0.178 e. The van der Waals surface area contributed by atoms with Crippen molar-refractivity contribution in [2.45, 2.75) is 44.4 Å². The fourth-order valence-electron chi connectivity index (χ4n) is 2.63. The smallest absolute Gasteiger partial charge is 0.178 e. The summed E-state index contributed by atoms with van der Waals surface area (Å²) in [6.07, 6.45) is 3.87. The number of benzene rings is 1. The Kier molecular flexibility index (Phi) is 7.22. The monoisotopic (exact) mass is 424 g/mol. The summed E-state index contributed by atoms with van der Waals surface area (Å²) in [4.78, 5) is 0.415. The van der Waals surface area contributed by atoms with Gasteiger partial charge in [-0.05, 0) is 42.5 Å². The summed E-state index contributed by atoms with van der Waals surface area (Å²) >= 11 is 6.87. The molecule has 0 fully saturated rings. The topological polar surface area (TPSA) is 34.1 Å². The van der Waals surface area contributed by atoms with Gasteiger partial charge in [-0.1, -0.05) is 58.5 Å². The summed E-state index contributed by atoms with van der Waals surface area (Å²) in [5.41, 5.74) is -0.157. The summed E-state index contributed by atoms with van der Waals surface area (Å²) in [5, 5.41) is 0.734. The summed E-state index contributed by atoms with van der Waals surface area (Å²) in [6.45, 7) is 4.22. The second-order valence-electron chi connectivity index (χ2n) is 5.35. The van der Waals surface area contributed by atoms with E-state index in [2.05, 4.69) is 45.7 Å². The highest BCUT2D eigenvalue weighted by Crippen LogP contribution is 2.35. The van der Waals surface area contributed by atoms with E-state index in [1.807, 2.05) is 0 Å². The van der Waals surface area contributed by atoms with Crippen molar-refractivity contribution in [1.82, 2.24) is 0 Å². The molecule has 1 rings (SSSR count). The molecule has 0 radical (unpaired) electrons. The third-order valence-corrected chi connectivity index (χ3v) is 7.21. The van der Waals surface area contributed by atoms with Crippen molar-refractivity contribution in [2.75, 3.05) is 11.1 Å². The molecule has 0 atom stereocenters. The quantitative estimate of drug-likeness (QED) is 0.536. The number of hydrogen-bond acceptors (Lipinski definition) is 2. The molecule has 0 bridgehead atoms. The molecule has 0 aliphatic rings. The summed E-state index contributed by atoms with van der Waals surface area (Å²) in [7, 11) is -3.24. The first kappa shape index (κ1) is 18.2. The fourth-order valence-corrected chi connectivity index (χ4v) is 5.83. The maximum atomic E-state index is 12.6. The van der Waals surface area contributed by atoms with Crippen LogP contribution in [0.25, 0.3) is 0 Å². The zero-order valence-electron chi connectivity index (χ0n) is 12.0. The number of alkyl halides is 1. The van der Waals surface area contributed by atoms with E-state index in [9.17, 15) is 8.42 Å². The molecule has 0 saturated heterocycles. The van der Waals surface area contributed by atoms with Gasteiger partial charge in [-0.3, -0.25) is 0 Å². The molecule has 0 aliphatic carbocycles. The lowest BCUT2D eigenvalue weighted by Gasteiger charge is -2.31. The first-order valence-electron chi connectivity index (χ1n) is 6.93. The van der Waals surface area contributed by atoms with Crippen LogP contribution in [0.15, 0.2) is 33.6 Å². The molecule has 20 heavy (non-hydrogen) atoms. The molecule has 5 heteroatoms. The van der Waals surface area contributed by atoms with E-state index in [1.165, 1.54) is 0 Å². The van der Waals surface area contributed by atoms with Crippen LogP contribution in [-0.2, 0) is 9.84 Å². The highest BCUT2D eigenvalue weighted by molar-refractivity contribution is 9.10. The van der Waals surface area contributed by atoms with Crippen molar-refractivity contribution >= 4 is 41.7 Å². The fraction of sp³-hybridized carbons (Fsp3) is 0.600. The average molecular weight is 426 g/mol. The van der Waals surface area contributed by atoms with Crippen LogP contribution < -0.4 is 0 Å². The largest absolute Gasteiger partial charge is 0.224 e. The van der Waals surface area contributed by atoms with Crippen molar-refractivity contribution in [1.29, 1.82) is 0 Å². The number of halogens is 2. The van der Waals surface area contributed by atoms with Gasteiger partial charge in [0.2, 0.25) is 0 Å². The van der Waals surface area contributed by atoms with E-state index in [0.29, 0.717) is 4.90 Å². The van der Waals surface area contributed by atoms with E-state index < -0.39 is 9.84 Å². The van der Waals surface area contributed by atoms with Crippen molar-refractivity contribution in [3.05, 3.63) is 28.7 Å². The minimum Gasteiger partial charge on any atom is -0.224 e. The lowest BCUT2D eigenvalue weighted by atomic mass is 9.83. The summed E-state index contributed by atoms with van der Waals surface area (Å²) in [6, 6.07) is 6.91. The summed E-state index contributed by atoms with van der Waals surface area (Å²) < 4.78 is 26.2. The van der Waals surface area contributed by atoms with E-state index in [1.54, 1.807) is 24.3 Å². The SMILES string of the molecule is CCCC(CBr)(CCC)CS(=O)(=O)c1ccc(Br)cc1. The Bertz CT molecular complexity index is 503. The molecular weight excluding hydrogens is 404 g/mol. The third-order valence-electron chi connectivity index (χ3n) is 3.51. The minimum atomic E-state index is -3.24. The molecule has 2 nitrogen and oxygen atoms in total. The molecule has 0 spiro atoms. The Morgan fingerprint density at radius 2 is 1.55 bits per heavy atom. The van der Waals surface area contributed by atoms with Gasteiger partial charge in [0.15, 0.2) is 9.84 Å². The Balaban J connectivity index is 3.04. The molecule has 1 aromatic rings. The normalized spacial score (nSPS) is 12.6. The third kappa shape index (κ3) is 4.85. The van der Waals surface area contributed by atoms with Gasteiger partial charge in [-0.15, -0.1) is 0 Å². The van der Waals surface area contributed by atoms with Crippen molar-refractivity contribution in [3.63, 3.8) is 0 Å². The first-order chi connectivity index (χ1) is 9.39. The highest BCUT2D eigenvalue weighted by atomic mass is 79.9. The van der Waals surface area contributed by atoms with Gasteiger partial charge in [0.25, 0.3) is 0 Å². The molecule has 114 valence electrons. The molecule has 0 aliphatic heterocycles. The molecule has 1 aromatic carbocycles. The van der Waals surface area contributed by atoms with Crippen molar-refractivity contribution in [2.24, 2.45) is 5.41 Å². The number of rotatable bonds is 8. The van der Waals surface area contributed by atoms with Crippen LogP contribution in [0.4, 0.5) is 0 Å². The van der Waals surface area contributed by atoms with Gasteiger partial charge >= 0.3 is 0 Å². The van der Waals surface area contributed by atoms with E-state index >= 15 is 0 Å². The lowest BCUT2D eigenvalue weighted by Crippen LogP contribution is -2.32. The number of hydrogen-bond donors (Lipinski definition) is 0. The zero-order chi connectivity index (χ0) is 15.2. The van der Waals surface area contributed by atoms with Gasteiger partial charge in [0, 0.05) is 9.80 Å².